The summed E-state index contributed by atoms with van der Waals surface area (Å²) < 4.78 is 1.91. The van der Waals surface area contributed by atoms with Crippen LogP contribution in [0.2, 0.25) is 0 Å². The Morgan fingerprint density at radius 2 is 1.83 bits per heavy atom. The lowest BCUT2D eigenvalue weighted by Crippen LogP contribution is -2.37. The largest absolute Gasteiger partial charge is 0.353 e. The second-order valence-corrected chi connectivity index (χ2v) is 7.56. The second kappa shape index (κ2) is 8.33. The van der Waals surface area contributed by atoms with Gasteiger partial charge in [0.2, 0.25) is 5.91 Å². The summed E-state index contributed by atoms with van der Waals surface area (Å²) in [5, 5.41) is 11.8. The maximum Gasteiger partial charge on any atom is 0.230 e. The quantitative estimate of drug-likeness (QED) is 0.778. The van der Waals surface area contributed by atoms with Gasteiger partial charge in [-0.15, -0.1) is 10.2 Å². The molecule has 0 fully saturated rings. The Balaban J connectivity index is 2.01. The van der Waals surface area contributed by atoms with Crippen molar-refractivity contribution in [2.45, 2.75) is 51.7 Å². The van der Waals surface area contributed by atoms with E-state index in [0.717, 1.165) is 10.8 Å². The van der Waals surface area contributed by atoms with Crippen LogP contribution in [-0.2, 0) is 4.79 Å². The molecule has 1 amide bonds. The maximum absolute atomic E-state index is 12.0. The summed E-state index contributed by atoms with van der Waals surface area (Å²) in [5.41, 5.74) is 2.30. The Labute approximate surface area is 148 Å². The minimum atomic E-state index is 0.0194. The van der Waals surface area contributed by atoms with Crippen molar-refractivity contribution in [1.29, 1.82) is 0 Å². The van der Waals surface area contributed by atoms with Gasteiger partial charge in [0.05, 0.1) is 5.75 Å². The second-order valence-electron chi connectivity index (χ2n) is 6.62. The van der Waals surface area contributed by atoms with Gasteiger partial charge in [-0.25, -0.2) is 0 Å². The van der Waals surface area contributed by atoms with Gasteiger partial charge in [-0.2, -0.15) is 0 Å². The van der Waals surface area contributed by atoms with Crippen molar-refractivity contribution in [3.63, 3.8) is 0 Å². The number of carbonyl (C=O) groups excluding carboxylic acids is 1. The lowest BCUT2D eigenvalue weighted by atomic mass is 10.0. The van der Waals surface area contributed by atoms with Crippen LogP contribution in [0.4, 0.5) is 0 Å². The van der Waals surface area contributed by atoms with Gasteiger partial charge in [-0.05, 0) is 36.5 Å². The molecule has 0 aliphatic heterocycles. The first-order valence-corrected chi connectivity index (χ1v) is 9.29. The zero-order valence-corrected chi connectivity index (χ0v) is 15.8. The first kappa shape index (κ1) is 18.5. The fraction of sp³-hybridized carbons (Fsp3) is 0.500. The summed E-state index contributed by atoms with van der Waals surface area (Å²) >= 11 is 1.40. The molecule has 0 aliphatic rings. The predicted octanol–water partition coefficient (Wildman–Crippen LogP) is 3.64. The van der Waals surface area contributed by atoms with Crippen LogP contribution in [0, 0.1) is 5.92 Å². The van der Waals surface area contributed by atoms with Crippen LogP contribution >= 0.6 is 11.8 Å². The van der Waals surface area contributed by atoms with E-state index >= 15 is 0 Å². The van der Waals surface area contributed by atoms with Crippen LogP contribution < -0.4 is 5.32 Å². The number of hydrogen-bond acceptors (Lipinski definition) is 4. The molecule has 24 heavy (non-hydrogen) atoms. The van der Waals surface area contributed by atoms with E-state index < -0.39 is 0 Å². The average Bonchev–Trinajstić information content (AvgIpc) is 3.01. The third-order valence-electron chi connectivity index (χ3n) is 4.08. The van der Waals surface area contributed by atoms with Gasteiger partial charge in [0.25, 0.3) is 0 Å². The van der Waals surface area contributed by atoms with Crippen molar-refractivity contribution in [3.8, 4) is 5.69 Å². The minimum absolute atomic E-state index is 0.0194. The fourth-order valence-electron chi connectivity index (χ4n) is 2.11. The molecule has 6 heteroatoms. The summed E-state index contributed by atoms with van der Waals surface area (Å²) in [5.74, 6) is 1.27. The molecule has 0 spiro atoms. The van der Waals surface area contributed by atoms with Crippen LogP contribution in [0.1, 0.15) is 46.1 Å². The van der Waals surface area contributed by atoms with E-state index in [1.54, 1.807) is 6.33 Å². The van der Waals surface area contributed by atoms with Crippen LogP contribution in [-0.4, -0.2) is 32.5 Å². The third-order valence-corrected chi connectivity index (χ3v) is 5.02. The van der Waals surface area contributed by atoms with E-state index in [0.29, 0.717) is 17.6 Å². The molecule has 0 saturated carbocycles. The van der Waals surface area contributed by atoms with Gasteiger partial charge in [0.15, 0.2) is 5.16 Å². The number of thioether (sulfide) groups is 1. The van der Waals surface area contributed by atoms with Crippen molar-refractivity contribution in [2.24, 2.45) is 5.92 Å². The fourth-order valence-corrected chi connectivity index (χ4v) is 2.85. The Bertz CT molecular complexity index is 664. The van der Waals surface area contributed by atoms with Gasteiger partial charge >= 0.3 is 0 Å². The molecule has 1 heterocycles. The maximum atomic E-state index is 12.0. The molecule has 1 atom stereocenters. The molecule has 1 N–H and O–H groups in total. The number of aromatic nitrogens is 3. The van der Waals surface area contributed by atoms with Gasteiger partial charge in [0.1, 0.15) is 6.33 Å². The van der Waals surface area contributed by atoms with E-state index in [-0.39, 0.29) is 11.9 Å². The van der Waals surface area contributed by atoms with Crippen LogP contribution in [0.25, 0.3) is 5.69 Å². The van der Waals surface area contributed by atoms with Crippen LogP contribution in [0.15, 0.2) is 35.7 Å². The van der Waals surface area contributed by atoms with E-state index in [2.05, 4.69) is 67.5 Å². The monoisotopic (exact) mass is 346 g/mol. The van der Waals surface area contributed by atoms with E-state index in [1.807, 2.05) is 11.5 Å². The zero-order valence-electron chi connectivity index (χ0n) is 15.0. The summed E-state index contributed by atoms with van der Waals surface area (Å²) in [4.78, 5) is 12.0. The van der Waals surface area contributed by atoms with Gasteiger partial charge in [-0.3, -0.25) is 9.36 Å². The van der Waals surface area contributed by atoms with Gasteiger partial charge < -0.3 is 5.32 Å². The molecule has 1 aromatic heterocycles. The van der Waals surface area contributed by atoms with E-state index in [4.69, 9.17) is 0 Å². The smallest absolute Gasteiger partial charge is 0.230 e. The van der Waals surface area contributed by atoms with Crippen molar-refractivity contribution in [1.82, 2.24) is 20.1 Å². The standard InChI is InChI=1S/C18H26N4OS/c1-12(2)14(5)20-17(23)10-24-18-21-19-11-22(18)16-8-6-15(7-9-16)13(3)4/h6-9,11-14H,10H2,1-5H3,(H,20,23). The van der Waals surface area contributed by atoms with Gasteiger partial charge in [0, 0.05) is 11.7 Å². The highest BCUT2D eigenvalue weighted by Gasteiger charge is 2.13. The van der Waals surface area contributed by atoms with Crippen molar-refractivity contribution < 1.29 is 4.79 Å². The Morgan fingerprint density at radius 3 is 2.42 bits per heavy atom. The SMILES string of the molecule is CC(C)c1ccc(-n2cnnc2SCC(=O)NC(C)C(C)C)cc1. The number of benzene rings is 1. The molecular formula is C18H26N4OS. The number of carbonyl (C=O) groups is 1. The first-order chi connectivity index (χ1) is 11.4. The number of nitrogens with one attached hydrogen (secondary N) is 1. The molecule has 2 rings (SSSR count). The number of hydrogen-bond donors (Lipinski definition) is 1. The van der Waals surface area contributed by atoms with Crippen molar-refractivity contribution >= 4 is 17.7 Å². The molecule has 130 valence electrons. The predicted molar refractivity (Wildman–Crippen MR) is 98.6 cm³/mol. The topological polar surface area (TPSA) is 59.8 Å². The molecule has 0 radical (unpaired) electrons. The summed E-state index contributed by atoms with van der Waals surface area (Å²) in [6.07, 6.45) is 1.68. The normalized spacial score (nSPS) is 12.6. The summed E-state index contributed by atoms with van der Waals surface area (Å²) in [6, 6.07) is 8.52. The van der Waals surface area contributed by atoms with Gasteiger partial charge in [-0.1, -0.05) is 51.6 Å². The van der Waals surface area contributed by atoms with Crippen molar-refractivity contribution in [3.05, 3.63) is 36.2 Å². The highest BCUT2D eigenvalue weighted by molar-refractivity contribution is 7.99. The molecule has 0 bridgehead atoms. The highest BCUT2D eigenvalue weighted by Crippen LogP contribution is 2.21. The molecule has 0 saturated heterocycles. The average molecular weight is 347 g/mol. The Morgan fingerprint density at radius 1 is 1.17 bits per heavy atom. The molecule has 0 aliphatic carbocycles. The lowest BCUT2D eigenvalue weighted by molar-refractivity contribution is -0.119. The zero-order chi connectivity index (χ0) is 17.7. The highest BCUT2D eigenvalue weighted by atomic mass is 32.2. The molecule has 1 aromatic carbocycles. The first-order valence-electron chi connectivity index (χ1n) is 8.31. The molecule has 2 aromatic rings. The number of amides is 1. The van der Waals surface area contributed by atoms with E-state index in [9.17, 15) is 4.79 Å². The molecule has 1 unspecified atom stereocenters. The van der Waals surface area contributed by atoms with Crippen LogP contribution in [0.5, 0.6) is 0 Å². The number of nitrogens with zero attached hydrogens (tertiary/aromatic N) is 3. The number of rotatable bonds is 7. The Hall–Kier alpha value is -1.82. The van der Waals surface area contributed by atoms with Crippen molar-refractivity contribution in [2.75, 3.05) is 5.75 Å². The van der Waals surface area contributed by atoms with Crippen LogP contribution in [0.3, 0.4) is 0 Å². The summed E-state index contributed by atoms with van der Waals surface area (Å²) in [7, 11) is 0. The molecular weight excluding hydrogens is 320 g/mol. The lowest BCUT2D eigenvalue weighted by Gasteiger charge is -2.17. The summed E-state index contributed by atoms with van der Waals surface area (Å²) in [6.45, 7) is 10.6. The minimum Gasteiger partial charge on any atom is -0.353 e. The third kappa shape index (κ3) is 4.84. The van der Waals surface area contributed by atoms with E-state index in [1.165, 1.54) is 17.3 Å². The molecule has 5 nitrogen and oxygen atoms in total. The Kier molecular flexibility index (Phi) is 6.43.